The Bertz CT molecular complexity index is 531. The van der Waals surface area contributed by atoms with Crippen molar-refractivity contribution in [2.45, 2.75) is 4.90 Å². The number of terminal acetylenes is 1. The Morgan fingerprint density at radius 1 is 1.32 bits per heavy atom. The second-order valence-corrected chi connectivity index (χ2v) is 7.25. The van der Waals surface area contributed by atoms with E-state index in [2.05, 4.69) is 11.2 Å². The van der Waals surface area contributed by atoms with E-state index < -0.39 is 10.0 Å². The van der Waals surface area contributed by atoms with Gasteiger partial charge in [-0.1, -0.05) is 5.92 Å². The predicted molar refractivity (Wildman–Crippen MR) is 82.0 cm³/mol. The van der Waals surface area contributed by atoms with Crippen molar-refractivity contribution in [1.82, 2.24) is 4.31 Å². The molecule has 0 aliphatic rings. The molecule has 0 amide bonds. The van der Waals surface area contributed by atoms with Gasteiger partial charge in [-0.15, -0.1) is 18.2 Å². The zero-order valence-electron chi connectivity index (χ0n) is 11.1. The molecule has 0 aliphatic heterocycles. The van der Waals surface area contributed by atoms with Crippen LogP contribution < -0.4 is 5.32 Å². The maximum atomic E-state index is 11.9. The predicted octanol–water partition coefficient (Wildman–Crippen LogP) is 1.72. The molecule has 0 unspecified atom stereocenters. The first-order valence-electron chi connectivity index (χ1n) is 5.76. The molecule has 0 bridgehead atoms. The Morgan fingerprint density at radius 3 is 2.47 bits per heavy atom. The lowest BCUT2D eigenvalue weighted by Crippen LogP contribution is -2.22. The maximum Gasteiger partial charge on any atom is 0.242 e. The van der Waals surface area contributed by atoms with E-state index in [-0.39, 0.29) is 0 Å². The molecule has 1 N–H and O–H groups in total. The smallest absolute Gasteiger partial charge is 0.242 e. The van der Waals surface area contributed by atoms with Gasteiger partial charge >= 0.3 is 0 Å². The van der Waals surface area contributed by atoms with Gasteiger partial charge in [0.1, 0.15) is 0 Å². The largest absolute Gasteiger partial charge is 0.384 e. The van der Waals surface area contributed by atoms with E-state index in [0.717, 1.165) is 18.0 Å². The van der Waals surface area contributed by atoms with Crippen molar-refractivity contribution >= 4 is 27.5 Å². The van der Waals surface area contributed by atoms with Crippen LogP contribution in [0.3, 0.4) is 0 Å². The summed E-state index contributed by atoms with van der Waals surface area (Å²) in [4.78, 5) is 0.296. The number of thioether (sulfide) groups is 1. The summed E-state index contributed by atoms with van der Waals surface area (Å²) >= 11 is 1.68. The maximum absolute atomic E-state index is 11.9. The molecule has 19 heavy (non-hydrogen) atoms. The van der Waals surface area contributed by atoms with Crippen LogP contribution in [0.1, 0.15) is 0 Å². The Labute approximate surface area is 119 Å². The first-order chi connectivity index (χ1) is 8.98. The first kappa shape index (κ1) is 15.9. The van der Waals surface area contributed by atoms with Crippen LogP contribution in [0, 0.1) is 12.3 Å². The summed E-state index contributed by atoms with van der Waals surface area (Å²) in [6.45, 7) is 0.798. The lowest BCUT2D eigenvalue weighted by molar-refractivity contribution is 0.521. The van der Waals surface area contributed by atoms with Gasteiger partial charge in [0, 0.05) is 32.1 Å². The van der Waals surface area contributed by atoms with E-state index in [1.54, 1.807) is 36.0 Å². The lowest BCUT2D eigenvalue weighted by atomic mass is 10.3. The molecule has 0 fully saturated rings. The van der Waals surface area contributed by atoms with Crippen molar-refractivity contribution in [2.75, 3.05) is 37.5 Å². The van der Waals surface area contributed by atoms with Crippen molar-refractivity contribution in [3.63, 3.8) is 0 Å². The summed E-state index contributed by atoms with van der Waals surface area (Å²) in [5.41, 5.74) is 0.902. The number of hydrogen-bond acceptors (Lipinski definition) is 4. The van der Waals surface area contributed by atoms with Gasteiger partial charge < -0.3 is 5.32 Å². The number of benzene rings is 1. The molecule has 0 saturated heterocycles. The van der Waals surface area contributed by atoms with Gasteiger partial charge in [-0.3, -0.25) is 0 Å². The molecule has 0 spiro atoms. The molecule has 0 radical (unpaired) electrons. The molecule has 0 atom stereocenters. The minimum Gasteiger partial charge on any atom is -0.384 e. The summed E-state index contributed by atoms with van der Waals surface area (Å²) in [7, 11) is -0.311. The van der Waals surface area contributed by atoms with Crippen LogP contribution in [-0.2, 0) is 10.0 Å². The molecule has 0 saturated carbocycles. The lowest BCUT2D eigenvalue weighted by Gasteiger charge is -2.12. The molecule has 1 aromatic carbocycles. The highest BCUT2D eigenvalue weighted by Crippen LogP contribution is 2.16. The van der Waals surface area contributed by atoms with Gasteiger partial charge in [0.25, 0.3) is 0 Å². The molecule has 0 aromatic heterocycles. The Balaban J connectivity index is 2.56. The molecule has 0 aliphatic carbocycles. The normalized spacial score (nSPS) is 11.3. The van der Waals surface area contributed by atoms with E-state index in [1.807, 2.05) is 0 Å². The van der Waals surface area contributed by atoms with Gasteiger partial charge in [0.15, 0.2) is 0 Å². The molecule has 0 heterocycles. The number of sulfonamides is 1. The fourth-order valence-corrected chi connectivity index (χ4v) is 2.76. The Morgan fingerprint density at radius 2 is 1.95 bits per heavy atom. The minimum absolute atomic E-state index is 0.296. The van der Waals surface area contributed by atoms with Crippen LogP contribution in [0.25, 0.3) is 0 Å². The van der Waals surface area contributed by atoms with Crippen LogP contribution in [0.2, 0.25) is 0 Å². The molecule has 6 heteroatoms. The first-order valence-corrected chi connectivity index (χ1v) is 8.35. The monoisotopic (exact) mass is 298 g/mol. The quantitative estimate of drug-likeness (QED) is 0.615. The average molecular weight is 298 g/mol. The second kappa shape index (κ2) is 7.43. The highest BCUT2D eigenvalue weighted by atomic mass is 32.2. The molecule has 1 aromatic rings. The Hall–Kier alpha value is -1.16. The van der Waals surface area contributed by atoms with Crippen LogP contribution >= 0.6 is 11.8 Å². The average Bonchev–Trinajstić information content (AvgIpc) is 2.39. The SMILES string of the molecule is C#CCSCCNc1ccc(S(=O)(=O)N(C)C)cc1. The van der Waals surface area contributed by atoms with E-state index >= 15 is 0 Å². The van der Waals surface area contributed by atoms with E-state index in [4.69, 9.17) is 6.42 Å². The van der Waals surface area contributed by atoms with Gasteiger partial charge in [0.05, 0.1) is 10.6 Å². The molecular weight excluding hydrogens is 280 g/mol. The van der Waals surface area contributed by atoms with Crippen LogP contribution in [0.15, 0.2) is 29.2 Å². The molecular formula is C13H18N2O2S2. The van der Waals surface area contributed by atoms with Gasteiger partial charge in [-0.25, -0.2) is 12.7 Å². The van der Waals surface area contributed by atoms with Crippen molar-refractivity contribution in [1.29, 1.82) is 0 Å². The van der Waals surface area contributed by atoms with Crippen molar-refractivity contribution in [3.8, 4) is 12.3 Å². The molecule has 104 valence electrons. The summed E-state index contributed by atoms with van der Waals surface area (Å²) in [5, 5.41) is 3.21. The van der Waals surface area contributed by atoms with E-state index in [1.165, 1.54) is 18.4 Å². The standard InChI is InChI=1S/C13H18N2O2S2/c1-4-10-18-11-9-14-12-5-7-13(8-6-12)19(16,17)15(2)3/h1,5-8,14H,9-11H2,2-3H3. The Kier molecular flexibility index (Phi) is 6.22. The second-order valence-electron chi connectivity index (χ2n) is 4.00. The van der Waals surface area contributed by atoms with E-state index in [0.29, 0.717) is 10.6 Å². The molecule has 1 rings (SSSR count). The van der Waals surface area contributed by atoms with Crippen LogP contribution in [0.5, 0.6) is 0 Å². The third-order valence-corrected chi connectivity index (χ3v) is 5.09. The highest BCUT2D eigenvalue weighted by Gasteiger charge is 2.16. The number of rotatable bonds is 7. The van der Waals surface area contributed by atoms with Gasteiger partial charge in [-0.05, 0) is 24.3 Å². The summed E-state index contributed by atoms with van der Waals surface area (Å²) in [6.07, 6.45) is 5.15. The number of nitrogens with one attached hydrogen (secondary N) is 1. The highest BCUT2D eigenvalue weighted by molar-refractivity contribution is 7.99. The van der Waals surface area contributed by atoms with Crippen LogP contribution in [0.4, 0.5) is 5.69 Å². The zero-order chi connectivity index (χ0) is 14.3. The topological polar surface area (TPSA) is 49.4 Å². The van der Waals surface area contributed by atoms with Crippen molar-refractivity contribution in [2.24, 2.45) is 0 Å². The van der Waals surface area contributed by atoms with Crippen LogP contribution in [-0.4, -0.2) is 44.9 Å². The zero-order valence-corrected chi connectivity index (χ0v) is 12.7. The van der Waals surface area contributed by atoms with Gasteiger partial charge in [0.2, 0.25) is 10.0 Å². The fraction of sp³-hybridized carbons (Fsp3) is 0.385. The molecule has 4 nitrogen and oxygen atoms in total. The summed E-state index contributed by atoms with van der Waals surface area (Å²) < 4.78 is 24.9. The number of anilines is 1. The van der Waals surface area contributed by atoms with Crippen molar-refractivity contribution in [3.05, 3.63) is 24.3 Å². The number of nitrogens with zero attached hydrogens (tertiary/aromatic N) is 1. The summed E-state index contributed by atoms with van der Waals surface area (Å²) in [5.74, 6) is 4.19. The third-order valence-electron chi connectivity index (χ3n) is 2.39. The summed E-state index contributed by atoms with van der Waals surface area (Å²) in [6, 6.07) is 6.74. The number of hydrogen-bond donors (Lipinski definition) is 1. The fourth-order valence-electron chi connectivity index (χ4n) is 1.35. The third kappa shape index (κ3) is 4.78. The van der Waals surface area contributed by atoms with Crippen molar-refractivity contribution < 1.29 is 8.42 Å². The van der Waals surface area contributed by atoms with E-state index in [9.17, 15) is 8.42 Å². The minimum atomic E-state index is -3.35. The van der Waals surface area contributed by atoms with Gasteiger partial charge in [-0.2, -0.15) is 0 Å².